The number of carbonyl (C=O) groups excluding carboxylic acids is 5. The Balaban J connectivity index is 1.58. The van der Waals surface area contributed by atoms with E-state index in [-0.39, 0.29) is 29.7 Å². The fourth-order valence-electron chi connectivity index (χ4n) is 9.37. The second-order valence-corrected chi connectivity index (χ2v) is 15.8. The number of esters is 4. The lowest BCUT2D eigenvalue weighted by Crippen LogP contribution is -2.82. The molecule has 0 spiro atoms. The van der Waals surface area contributed by atoms with E-state index in [1.165, 1.54) is 26.0 Å². The molecular weight excluding hydrogens is 700 g/mol. The highest BCUT2D eigenvalue weighted by Crippen LogP contribution is 2.64. The SMILES string of the molecule is CC(=O)O[C@H]1C(=O)[C@@]2(C)[C@H]([C@H](OC(=O)c3ccccc3)[C@]3(O)C[C@H](OC(=O)[C@H](O)C(C)c4ccccc4)C(C)=C1C3(C)C)[C@]1(OC(C)=O)CO[C@@H]1C[C@@H]2O. The zero-order chi connectivity index (χ0) is 39.5. The van der Waals surface area contributed by atoms with Crippen molar-refractivity contribution in [2.24, 2.45) is 16.7 Å². The summed E-state index contributed by atoms with van der Waals surface area (Å²) in [7, 11) is 0. The fourth-order valence-corrected chi connectivity index (χ4v) is 9.37. The van der Waals surface area contributed by atoms with Gasteiger partial charge in [0, 0.05) is 38.0 Å². The Bertz CT molecular complexity index is 1860. The number of Topliss-reactive ketones (excluding diaryl/α,β-unsaturated/α-hetero) is 1. The normalized spacial score (nSPS) is 35.0. The van der Waals surface area contributed by atoms with Crippen LogP contribution in [-0.2, 0) is 42.9 Å². The summed E-state index contributed by atoms with van der Waals surface area (Å²) in [6.07, 6.45) is -9.57. The molecule has 1 saturated heterocycles. The van der Waals surface area contributed by atoms with Crippen LogP contribution in [-0.4, -0.2) is 99.4 Å². The Morgan fingerprint density at radius 2 is 1.52 bits per heavy atom. The monoisotopic (exact) mass is 748 g/mol. The fraction of sp³-hybridized carbons (Fsp3) is 0.537. The highest BCUT2D eigenvalue weighted by molar-refractivity contribution is 5.95. The molecule has 13 nitrogen and oxygen atoms in total. The first-order valence-corrected chi connectivity index (χ1v) is 18.1. The van der Waals surface area contributed by atoms with Crippen LogP contribution in [0, 0.1) is 16.7 Å². The molecule has 3 aliphatic carbocycles. The Morgan fingerprint density at radius 1 is 0.907 bits per heavy atom. The van der Waals surface area contributed by atoms with Gasteiger partial charge in [0.25, 0.3) is 0 Å². The lowest BCUT2D eigenvalue weighted by Gasteiger charge is -2.67. The van der Waals surface area contributed by atoms with E-state index in [1.54, 1.807) is 76.2 Å². The average Bonchev–Trinajstić information content (AvgIpc) is 3.12. The number of carbonyl (C=O) groups is 5. The smallest absolute Gasteiger partial charge is 0.338 e. The first kappa shape index (κ1) is 39.3. The Hall–Kier alpha value is -4.43. The Labute approximate surface area is 313 Å². The van der Waals surface area contributed by atoms with Crippen molar-refractivity contribution in [3.05, 3.63) is 82.9 Å². The van der Waals surface area contributed by atoms with Crippen LogP contribution >= 0.6 is 0 Å². The van der Waals surface area contributed by atoms with Gasteiger partial charge in [-0.15, -0.1) is 0 Å². The molecule has 2 aromatic carbocycles. The van der Waals surface area contributed by atoms with Crippen molar-refractivity contribution in [2.75, 3.05) is 6.61 Å². The summed E-state index contributed by atoms with van der Waals surface area (Å²) in [4.78, 5) is 68.9. The van der Waals surface area contributed by atoms with Gasteiger partial charge in [-0.05, 0) is 42.7 Å². The van der Waals surface area contributed by atoms with Crippen molar-refractivity contribution in [1.82, 2.24) is 0 Å². The number of hydrogen-bond donors (Lipinski definition) is 3. The average molecular weight is 749 g/mol. The van der Waals surface area contributed by atoms with Crippen molar-refractivity contribution in [3.8, 4) is 0 Å². The van der Waals surface area contributed by atoms with Crippen LogP contribution in [0.1, 0.15) is 83.1 Å². The number of aliphatic hydroxyl groups is 3. The number of benzene rings is 2. The van der Waals surface area contributed by atoms with Crippen molar-refractivity contribution < 1.29 is 63.0 Å². The van der Waals surface area contributed by atoms with Gasteiger partial charge in [-0.25, -0.2) is 9.59 Å². The van der Waals surface area contributed by atoms with Gasteiger partial charge in [0.05, 0.1) is 29.6 Å². The Morgan fingerprint density at radius 3 is 2.07 bits per heavy atom. The molecule has 1 heterocycles. The van der Waals surface area contributed by atoms with Crippen LogP contribution in [0.5, 0.6) is 0 Å². The molecule has 1 unspecified atom stereocenters. The number of fused-ring (bicyclic) bond motifs is 5. The molecule has 3 N–H and O–H groups in total. The van der Waals surface area contributed by atoms with Crippen molar-refractivity contribution >= 4 is 29.7 Å². The van der Waals surface area contributed by atoms with Crippen LogP contribution in [0.15, 0.2) is 71.8 Å². The van der Waals surface area contributed by atoms with Gasteiger partial charge in [0.2, 0.25) is 0 Å². The molecule has 2 bridgehead atoms. The van der Waals surface area contributed by atoms with Crippen LogP contribution in [0.4, 0.5) is 0 Å². The second kappa shape index (κ2) is 14.0. The molecule has 0 radical (unpaired) electrons. The summed E-state index contributed by atoms with van der Waals surface area (Å²) in [5.41, 5.74) is -6.46. The Kier molecular flexibility index (Phi) is 10.2. The number of rotatable bonds is 8. The predicted octanol–water partition coefficient (Wildman–Crippen LogP) is 3.37. The molecule has 3 fully saturated rings. The minimum absolute atomic E-state index is 0.0704. The molecule has 2 saturated carbocycles. The zero-order valence-corrected chi connectivity index (χ0v) is 31.4. The van der Waals surface area contributed by atoms with E-state index in [0.717, 1.165) is 6.92 Å². The van der Waals surface area contributed by atoms with Crippen LogP contribution in [0.2, 0.25) is 0 Å². The second-order valence-electron chi connectivity index (χ2n) is 15.8. The summed E-state index contributed by atoms with van der Waals surface area (Å²) in [5.74, 6) is -6.50. The largest absolute Gasteiger partial charge is 0.456 e. The molecule has 1 aliphatic heterocycles. The van der Waals surface area contributed by atoms with Gasteiger partial charge >= 0.3 is 23.9 Å². The van der Waals surface area contributed by atoms with Gasteiger partial charge in [-0.1, -0.05) is 69.3 Å². The minimum atomic E-state index is -2.29. The first-order valence-electron chi connectivity index (χ1n) is 18.1. The number of hydrogen-bond acceptors (Lipinski definition) is 13. The summed E-state index contributed by atoms with van der Waals surface area (Å²) in [6.45, 7) is 9.86. The lowest BCUT2D eigenvalue weighted by atomic mass is 9.44. The highest BCUT2D eigenvalue weighted by atomic mass is 16.6. The summed E-state index contributed by atoms with van der Waals surface area (Å²) in [5, 5.41) is 36.6. The summed E-state index contributed by atoms with van der Waals surface area (Å²) < 4.78 is 30.0. The predicted molar refractivity (Wildman–Crippen MR) is 189 cm³/mol. The van der Waals surface area contributed by atoms with Crippen molar-refractivity contribution in [3.63, 3.8) is 0 Å². The van der Waals surface area contributed by atoms with Crippen molar-refractivity contribution in [1.29, 1.82) is 0 Å². The maximum atomic E-state index is 15.3. The molecule has 2 aromatic rings. The van der Waals surface area contributed by atoms with E-state index < -0.39 is 107 Å². The van der Waals surface area contributed by atoms with Gasteiger partial charge < -0.3 is 39.0 Å². The maximum absolute atomic E-state index is 15.3. The molecule has 0 amide bonds. The molecule has 13 heteroatoms. The van der Waals surface area contributed by atoms with Crippen LogP contribution in [0.25, 0.3) is 0 Å². The maximum Gasteiger partial charge on any atom is 0.338 e. The van der Waals surface area contributed by atoms with E-state index >= 15 is 4.79 Å². The van der Waals surface area contributed by atoms with E-state index in [2.05, 4.69) is 0 Å². The molecule has 6 rings (SSSR count). The third-order valence-electron chi connectivity index (χ3n) is 12.5. The molecule has 11 atom stereocenters. The van der Waals surface area contributed by atoms with E-state index in [4.69, 9.17) is 23.7 Å². The summed E-state index contributed by atoms with van der Waals surface area (Å²) in [6, 6.07) is 16.8. The molecule has 0 aromatic heterocycles. The van der Waals surface area contributed by atoms with E-state index in [1.807, 2.05) is 0 Å². The first-order chi connectivity index (χ1) is 25.3. The highest BCUT2D eigenvalue weighted by Gasteiger charge is 2.78. The van der Waals surface area contributed by atoms with Gasteiger partial charge in [0.1, 0.15) is 23.9 Å². The quantitative estimate of drug-likeness (QED) is 0.203. The van der Waals surface area contributed by atoms with E-state index in [9.17, 15) is 34.5 Å². The number of ether oxygens (including phenoxy) is 5. The standard InChI is InChI=1S/C41H48O13/c1-21(25-14-10-8-11-15-25)31(45)37(48)52-27-19-41(49)35(53-36(47)26-16-12-9-13-17-26)33-39(7,28(44)18-29-40(33,20-50-29)54-24(4)43)34(46)32(51-23(3)42)30(22(27)2)38(41,5)6/h8-17,21,27-29,31-33,35,44-45,49H,18-20H2,1-7H3/t21?,27-,28-,29+,31+,32+,33-,35-,39+,40-,41+/m0/s1. The van der Waals surface area contributed by atoms with Crippen LogP contribution < -0.4 is 0 Å². The van der Waals surface area contributed by atoms with Gasteiger partial charge in [-0.3, -0.25) is 14.4 Å². The molecule has 290 valence electrons. The third-order valence-corrected chi connectivity index (χ3v) is 12.5. The third kappa shape index (κ3) is 6.05. The number of aliphatic hydroxyl groups excluding tert-OH is 2. The van der Waals surface area contributed by atoms with E-state index in [0.29, 0.717) is 5.56 Å². The lowest BCUT2D eigenvalue weighted by molar-refractivity contribution is -0.346. The van der Waals surface area contributed by atoms with Crippen molar-refractivity contribution in [2.45, 2.75) is 115 Å². The minimum Gasteiger partial charge on any atom is -0.456 e. The molecule has 4 aliphatic rings. The molecular formula is C41H48O13. The molecule has 54 heavy (non-hydrogen) atoms. The number of ketones is 1. The zero-order valence-electron chi connectivity index (χ0n) is 31.4. The summed E-state index contributed by atoms with van der Waals surface area (Å²) >= 11 is 0. The van der Waals surface area contributed by atoms with Gasteiger partial charge in [0.15, 0.2) is 23.6 Å². The topological polar surface area (TPSA) is 192 Å². The van der Waals surface area contributed by atoms with Gasteiger partial charge in [-0.2, -0.15) is 0 Å². The van der Waals surface area contributed by atoms with Crippen LogP contribution in [0.3, 0.4) is 0 Å².